The topological polar surface area (TPSA) is 52.0 Å². The number of aromatic nitrogens is 1. The first kappa shape index (κ1) is 14.1. The third-order valence-corrected chi connectivity index (χ3v) is 4.91. The molecule has 1 aromatic heterocycles. The molecule has 0 bridgehead atoms. The molecule has 0 saturated heterocycles. The average Bonchev–Trinajstić information content (AvgIpc) is 2.81. The molecular weight excluding hydrogens is 452 g/mol. The molecule has 2 aromatic carbocycles. The number of rotatable bonds is 2. The molecule has 0 aliphatic rings. The van der Waals surface area contributed by atoms with Gasteiger partial charge in [-0.2, -0.15) is 0 Å². The quantitative estimate of drug-likeness (QED) is 0.529. The molecule has 0 spiro atoms. The maximum absolute atomic E-state index is 5.95. The minimum atomic E-state index is 0.626. The largest absolute Gasteiger partial charge is 0.440 e. The third-order valence-electron chi connectivity index (χ3n) is 2.93. The molecule has 3 aromatic rings. The molecule has 0 fully saturated rings. The van der Waals surface area contributed by atoms with Crippen molar-refractivity contribution in [3.05, 3.63) is 55.2 Å². The fraction of sp³-hybridized carbons (Fsp3) is 0.0714. The molecule has 102 valence electrons. The number of benzene rings is 2. The molecule has 1 heterocycles. The molecular formula is C14H9Br3N2O. The highest BCUT2D eigenvalue weighted by atomic mass is 79.9. The van der Waals surface area contributed by atoms with Crippen molar-refractivity contribution in [2.75, 3.05) is 5.73 Å². The Balaban J connectivity index is 2.01. The number of nitrogen functional groups attached to an aromatic ring is 1. The zero-order valence-electron chi connectivity index (χ0n) is 10.2. The van der Waals surface area contributed by atoms with Gasteiger partial charge in [0.05, 0.1) is 10.2 Å². The van der Waals surface area contributed by atoms with Crippen molar-refractivity contribution >= 4 is 64.6 Å². The first-order chi connectivity index (χ1) is 9.54. The first-order valence-corrected chi connectivity index (χ1v) is 8.20. The number of halogens is 3. The second-order valence-corrected chi connectivity index (χ2v) is 6.91. The lowest BCUT2D eigenvalue weighted by atomic mass is 10.1. The SMILES string of the molecule is Nc1c(Br)cc2oc(Cc3ccc(Br)cc3)nc2c1Br. The van der Waals surface area contributed by atoms with Crippen LogP contribution in [0, 0.1) is 0 Å². The minimum Gasteiger partial charge on any atom is -0.440 e. The van der Waals surface area contributed by atoms with E-state index in [2.05, 4.69) is 52.8 Å². The summed E-state index contributed by atoms with van der Waals surface area (Å²) < 4.78 is 8.39. The lowest BCUT2D eigenvalue weighted by Gasteiger charge is -2.00. The highest BCUT2D eigenvalue weighted by molar-refractivity contribution is 9.11. The Morgan fingerprint density at radius 1 is 1.10 bits per heavy atom. The van der Waals surface area contributed by atoms with Crippen LogP contribution in [-0.4, -0.2) is 4.98 Å². The van der Waals surface area contributed by atoms with Crippen LogP contribution >= 0.6 is 47.8 Å². The Morgan fingerprint density at radius 2 is 1.80 bits per heavy atom. The summed E-state index contributed by atoms with van der Waals surface area (Å²) in [7, 11) is 0. The van der Waals surface area contributed by atoms with E-state index in [1.54, 1.807) is 0 Å². The number of oxazole rings is 1. The predicted molar refractivity (Wildman–Crippen MR) is 90.8 cm³/mol. The summed E-state index contributed by atoms with van der Waals surface area (Å²) in [5.41, 5.74) is 9.17. The third kappa shape index (κ3) is 2.64. The van der Waals surface area contributed by atoms with E-state index in [1.165, 1.54) is 0 Å². The Bertz CT molecular complexity index is 781. The van der Waals surface area contributed by atoms with E-state index in [0.29, 0.717) is 23.6 Å². The normalized spacial score (nSPS) is 11.2. The van der Waals surface area contributed by atoms with Crippen LogP contribution in [0.1, 0.15) is 11.5 Å². The van der Waals surface area contributed by atoms with Gasteiger partial charge in [0.2, 0.25) is 0 Å². The van der Waals surface area contributed by atoms with Crippen molar-refractivity contribution in [2.24, 2.45) is 0 Å². The van der Waals surface area contributed by atoms with Crippen molar-refractivity contribution in [3.8, 4) is 0 Å². The molecule has 20 heavy (non-hydrogen) atoms. The molecule has 0 aliphatic heterocycles. The van der Waals surface area contributed by atoms with E-state index < -0.39 is 0 Å². The number of fused-ring (bicyclic) bond motifs is 1. The summed E-state index contributed by atoms with van der Waals surface area (Å²) in [5, 5.41) is 0. The van der Waals surface area contributed by atoms with Crippen LogP contribution in [-0.2, 0) is 6.42 Å². The highest BCUT2D eigenvalue weighted by Gasteiger charge is 2.14. The van der Waals surface area contributed by atoms with Gasteiger partial charge < -0.3 is 10.2 Å². The Labute approximate surface area is 140 Å². The number of anilines is 1. The number of nitrogens with zero attached hydrogens (tertiary/aromatic N) is 1. The lowest BCUT2D eigenvalue weighted by Crippen LogP contribution is -1.89. The summed E-state index contributed by atoms with van der Waals surface area (Å²) in [4.78, 5) is 4.51. The van der Waals surface area contributed by atoms with E-state index in [0.717, 1.165) is 24.5 Å². The van der Waals surface area contributed by atoms with Crippen LogP contribution in [0.5, 0.6) is 0 Å². The van der Waals surface area contributed by atoms with Gasteiger partial charge in [-0.1, -0.05) is 28.1 Å². The van der Waals surface area contributed by atoms with Crippen LogP contribution in [0.2, 0.25) is 0 Å². The van der Waals surface area contributed by atoms with E-state index >= 15 is 0 Å². The van der Waals surface area contributed by atoms with E-state index in [9.17, 15) is 0 Å². The van der Waals surface area contributed by atoms with Gasteiger partial charge in [0.25, 0.3) is 0 Å². The molecule has 3 rings (SSSR count). The van der Waals surface area contributed by atoms with Gasteiger partial charge >= 0.3 is 0 Å². The zero-order chi connectivity index (χ0) is 14.3. The predicted octanol–water partition coefficient (Wildman–Crippen LogP) is 5.29. The summed E-state index contributed by atoms with van der Waals surface area (Å²) >= 11 is 10.3. The zero-order valence-corrected chi connectivity index (χ0v) is 14.9. The number of hydrogen-bond acceptors (Lipinski definition) is 3. The van der Waals surface area contributed by atoms with Crippen LogP contribution in [0.4, 0.5) is 5.69 Å². The minimum absolute atomic E-state index is 0.626. The molecule has 3 nitrogen and oxygen atoms in total. The van der Waals surface area contributed by atoms with Crippen molar-refractivity contribution in [1.29, 1.82) is 0 Å². The maximum atomic E-state index is 5.95. The maximum Gasteiger partial charge on any atom is 0.199 e. The fourth-order valence-corrected chi connectivity index (χ4v) is 3.34. The van der Waals surface area contributed by atoms with Gasteiger partial charge in [0.15, 0.2) is 11.5 Å². The van der Waals surface area contributed by atoms with Gasteiger partial charge in [-0.15, -0.1) is 0 Å². The van der Waals surface area contributed by atoms with E-state index in [4.69, 9.17) is 10.2 Å². The van der Waals surface area contributed by atoms with Gasteiger partial charge in [-0.05, 0) is 55.6 Å². The van der Waals surface area contributed by atoms with Crippen LogP contribution < -0.4 is 5.73 Å². The van der Waals surface area contributed by atoms with E-state index in [1.807, 2.05) is 30.3 Å². The molecule has 0 radical (unpaired) electrons. The molecule has 0 atom stereocenters. The standard InChI is InChI=1S/C14H9Br3N2O/c15-8-3-1-7(2-4-8)5-11-19-14-10(20-11)6-9(16)13(18)12(14)17/h1-4,6H,5,18H2. The molecule has 6 heteroatoms. The molecule has 0 unspecified atom stereocenters. The Kier molecular flexibility index (Phi) is 3.88. The summed E-state index contributed by atoms with van der Waals surface area (Å²) in [6.07, 6.45) is 0.645. The average molecular weight is 461 g/mol. The van der Waals surface area contributed by atoms with Gasteiger partial charge in [-0.3, -0.25) is 0 Å². The summed E-state index contributed by atoms with van der Waals surface area (Å²) in [6, 6.07) is 9.93. The van der Waals surface area contributed by atoms with Crippen molar-refractivity contribution in [3.63, 3.8) is 0 Å². The summed E-state index contributed by atoms with van der Waals surface area (Å²) in [5.74, 6) is 0.667. The van der Waals surface area contributed by atoms with Gasteiger partial charge in [0.1, 0.15) is 5.52 Å². The molecule has 0 saturated carbocycles. The van der Waals surface area contributed by atoms with Crippen LogP contribution in [0.25, 0.3) is 11.1 Å². The Hall–Kier alpha value is -0.850. The van der Waals surface area contributed by atoms with Gasteiger partial charge in [0, 0.05) is 15.4 Å². The summed E-state index contributed by atoms with van der Waals surface area (Å²) in [6.45, 7) is 0. The smallest absolute Gasteiger partial charge is 0.199 e. The molecule has 0 aliphatic carbocycles. The molecule has 0 amide bonds. The van der Waals surface area contributed by atoms with Crippen LogP contribution in [0.15, 0.2) is 48.2 Å². The second-order valence-electron chi connectivity index (χ2n) is 4.34. The Morgan fingerprint density at radius 3 is 2.50 bits per heavy atom. The highest BCUT2D eigenvalue weighted by Crippen LogP contribution is 2.35. The van der Waals surface area contributed by atoms with Crippen molar-refractivity contribution in [1.82, 2.24) is 4.98 Å². The van der Waals surface area contributed by atoms with Crippen molar-refractivity contribution < 1.29 is 4.42 Å². The van der Waals surface area contributed by atoms with Gasteiger partial charge in [-0.25, -0.2) is 4.98 Å². The first-order valence-electron chi connectivity index (χ1n) is 5.82. The van der Waals surface area contributed by atoms with E-state index in [-0.39, 0.29) is 0 Å². The number of hydrogen-bond donors (Lipinski definition) is 1. The van der Waals surface area contributed by atoms with Crippen molar-refractivity contribution in [2.45, 2.75) is 6.42 Å². The lowest BCUT2D eigenvalue weighted by molar-refractivity contribution is 0.544. The number of nitrogens with two attached hydrogens (primary N) is 1. The van der Waals surface area contributed by atoms with Crippen LogP contribution in [0.3, 0.4) is 0 Å². The monoisotopic (exact) mass is 458 g/mol. The second kappa shape index (κ2) is 5.50. The fourth-order valence-electron chi connectivity index (χ4n) is 1.91. The molecule has 2 N–H and O–H groups in total.